The van der Waals surface area contributed by atoms with Crippen LogP contribution in [0.1, 0.15) is 49.1 Å². The van der Waals surface area contributed by atoms with Crippen LogP contribution in [0.25, 0.3) is 21.9 Å². The second-order valence-electron chi connectivity index (χ2n) is 8.62. The Labute approximate surface area is 191 Å². The number of hydrogen-bond donors (Lipinski definition) is 0. The van der Waals surface area contributed by atoms with Crippen LogP contribution in [-0.2, 0) is 0 Å². The van der Waals surface area contributed by atoms with Crippen molar-refractivity contribution >= 4 is 10.8 Å². The van der Waals surface area contributed by atoms with E-state index >= 15 is 0 Å². The molecule has 0 amide bonds. The van der Waals surface area contributed by atoms with Gasteiger partial charge in [0.15, 0.2) is 11.6 Å². The Morgan fingerprint density at radius 2 is 1.52 bits per heavy atom. The van der Waals surface area contributed by atoms with E-state index in [0.29, 0.717) is 17.9 Å². The predicted octanol–water partition coefficient (Wildman–Crippen LogP) is 8.95. The summed E-state index contributed by atoms with van der Waals surface area (Å²) in [7, 11) is 0. The zero-order valence-electron chi connectivity index (χ0n) is 18.5. The van der Waals surface area contributed by atoms with Crippen molar-refractivity contribution in [1.82, 2.24) is 0 Å². The maximum Gasteiger partial charge on any atom is 0.159 e. The summed E-state index contributed by atoms with van der Waals surface area (Å²) in [4.78, 5) is 0. The predicted molar refractivity (Wildman–Crippen MR) is 127 cm³/mol. The Morgan fingerprint density at radius 1 is 0.727 bits per heavy atom. The topological polar surface area (TPSA) is 0 Å². The first-order valence-electron chi connectivity index (χ1n) is 11.3. The van der Waals surface area contributed by atoms with Crippen LogP contribution in [0.3, 0.4) is 0 Å². The summed E-state index contributed by atoms with van der Waals surface area (Å²) in [6.45, 7) is 1.61. The molecular formula is C29H26F4. The van der Waals surface area contributed by atoms with Crippen LogP contribution in [0.15, 0.2) is 78.9 Å². The Kier molecular flexibility index (Phi) is 7.12. The van der Waals surface area contributed by atoms with Crippen molar-refractivity contribution < 1.29 is 17.6 Å². The van der Waals surface area contributed by atoms with Crippen molar-refractivity contribution in [2.45, 2.75) is 38.0 Å². The highest BCUT2D eigenvalue weighted by molar-refractivity contribution is 5.86. The van der Waals surface area contributed by atoms with Gasteiger partial charge in [-0.3, -0.25) is 4.39 Å². The molecule has 0 nitrogen and oxygen atoms in total. The van der Waals surface area contributed by atoms with Gasteiger partial charge < -0.3 is 0 Å². The summed E-state index contributed by atoms with van der Waals surface area (Å²) in [6.07, 6.45) is 2.32. The molecule has 33 heavy (non-hydrogen) atoms. The van der Waals surface area contributed by atoms with Crippen LogP contribution in [0.2, 0.25) is 0 Å². The van der Waals surface area contributed by atoms with E-state index in [-0.39, 0.29) is 11.1 Å². The normalized spacial score (nSPS) is 13.2. The Bertz CT molecular complexity index is 1240. The number of alkyl halides is 1. The van der Waals surface area contributed by atoms with E-state index in [4.69, 9.17) is 0 Å². The molecular weight excluding hydrogens is 424 g/mol. The fourth-order valence-electron chi connectivity index (χ4n) is 4.52. The molecule has 0 saturated carbocycles. The van der Waals surface area contributed by atoms with Crippen LogP contribution in [-0.4, -0.2) is 6.67 Å². The van der Waals surface area contributed by atoms with Crippen molar-refractivity contribution in [3.05, 3.63) is 107 Å². The molecule has 0 spiro atoms. The molecule has 0 N–H and O–H groups in total. The summed E-state index contributed by atoms with van der Waals surface area (Å²) in [5.41, 5.74) is 2.28. The molecule has 0 fully saturated rings. The molecule has 4 aromatic carbocycles. The monoisotopic (exact) mass is 450 g/mol. The number of hydrogen-bond acceptors (Lipinski definition) is 0. The first-order chi connectivity index (χ1) is 16.0. The zero-order chi connectivity index (χ0) is 23.4. The van der Waals surface area contributed by atoms with Crippen molar-refractivity contribution in [2.75, 3.05) is 6.67 Å². The molecule has 0 radical (unpaired) electrons. The molecule has 0 bridgehead atoms. The zero-order valence-corrected chi connectivity index (χ0v) is 18.5. The lowest BCUT2D eigenvalue weighted by molar-refractivity contribution is 0.401. The van der Waals surface area contributed by atoms with Crippen molar-refractivity contribution in [3.8, 4) is 11.1 Å². The van der Waals surface area contributed by atoms with E-state index in [9.17, 15) is 17.6 Å². The third-order valence-corrected chi connectivity index (χ3v) is 6.43. The summed E-state index contributed by atoms with van der Waals surface area (Å²) in [5.74, 6) is -2.66. The van der Waals surface area contributed by atoms with Gasteiger partial charge in [0.1, 0.15) is 5.82 Å². The molecule has 0 aliphatic heterocycles. The lowest BCUT2D eigenvalue weighted by Crippen LogP contribution is -2.04. The van der Waals surface area contributed by atoms with Gasteiger partial charge in [0.05, 0.1) is 6.67 Å². The van der Waals surface area contributed by atoms with Gasteiger partial charge in [0.2, 0.25) is 0 Å². The van der Waals surface area contributed by atoms with Gasteiger partial charge >= 0.3 is 0 Å². The standard InChI is InChI=1S/C29H26F4/c1-19(24-11-5-8-20-7-2-3-10-25(20)24)6-4-9-23(18-30)21-12-14-26(28(32)16-21)22-13-15-27(31)29(33)17-22/h2-3,5,7-8,10-17,19,23H,4,6,9,18H2,1H3. The first-order valence-corrected chi connectivity index (χ1v) is 11.3. The van der Waals surface area contributed by atoms with Crippen molar-refractivity contribution in [1.29, 1.82) is 0 Å². The summed E-state index contributed by atoms with van der Waals surface area (Å²) >= 11 is 0. The Balaban J connectivity index is 1.43. The second-order valence-corrected chi connectivity index (χ2v) is 8.62. The van der Waals surface area contributed by atoms with E-state index in [0.717, 1.165) is 25.0 Å². The highest BCUT2D eigenvalue weighted by atomic mass is 19.2. The third kappa shape index (κ3) is 5.11. The van der Waals surface area contributed by atoms with Gasteiger partial charge in [-0.05, 0) is 64.4 Å². The molecule has 0 aromatic heterocycles. The molecule has 2 atom stereocenters. The van der Waals surface area contributed by atoms with E-state index < -0.39 is 30.0 Å². The fourth-order valence-corrected chi connectivity index (χ4v) is 4.52. The maximum absolute atomic E-state index is 14.7. The summed E-state index contributed by atoms with van der Waals surface area (Å²) in [5, 5.41) is 2.45. The van der Waals surface area contributed by atoms with Crippen LogP contribution in [0, 0.1) is 17.5 Å². The van der Waals surface area contributed by atoms with Crippen LogP contribution >= 0.6 is 0 Å². The minimum Gasteiger partial charge on any atom is -0.250 e. The molecule has 4 rings (SSSR count). The summed E-state index contributed by atoms with van der Waals surface area (Å²) in [6, 6.07) is 22.4. The molecule has 4 aromatic rings. The Hall–Kier alpha value is -3.14. The molecule has 0 heterocycles. The van der Waals surface area contributed by atoms with E-state index in [1.807, 2.05) is 12.1 Å². The van der Waals surface area contributed by atoms with Crippen molar-refractivity contribution in [3.63, 3.8) is 0 Å². The largest absolute Gasteiger partial charge is 0.250 e. The van der Waals surface area contributed by atoms with Crippen LogP contribution in [0.4, 0.5) is 17.6 Å². The Morgan fingerprint density at radius 3 is 2.27 bits per heavy atom. The molecule has 4 heteroatoms. The van der Waals surface area contributed by atoms with E-state index in [2.05, 4.69) is 37.3 Å². The van der Waals surface area contributed by atoms with Crippen LogP contribution < -0.4 is 0 Å². The second kappa shape index (κ2) is 10.2. The SMILES string of the molecule is CC(CCCC(CF)c1ccc(-c2ccc(F)c(F)c2)c(F)c1)c1cccc2ccccc12. The maximum atomic E-state index is 14.7. The fraction of sp³-hybridized carbons (Fsp3) is 0.241. The molecule has 0 saturated heterocycles. The number of benzene rings is 4. The minimum absolute atomic E-state index is 0.167. The van der Waals surface area contributed by atoms with Gasteiger partial charge in [0.25, 0.3) is 0 Å². The average Bonchev–Trinajstić information content (AvgIpc) is 2.83. The third-order valence-electron chi connectivity index (χ3n) is 6.43. The van der Waals surface area contributed by atoms with Gasteiger partial charge in [-0.25, -0.2) is 13.2 Å². The van der Waals surface area contributed by atoms with Gasteiger partial charge in [-0.15, -0.1) is 0 Å². The molecule has 2 unspecified atom stereocenters. The van der Waals surface area contributed by atoms with Gasteiger partial charge in [0, 0.05) is 11.5 Å². The molecule has 170 valence electrons. The average molecular weight is 451 g/mol. The van der Waals surface area contributed by atoms with Crippen molar-refractivity contribution in [2.24, 2.45) is 0 Å². The quantitative estimate of drug-likeness (QED) is 0.235. The minimum atomic E-state index is -1.03. The highest BCUT2D eigenvalue weighted by Crippen LogP contribution is 2.33. The first kappa shape index (κ1) is 23.0. The summed E-state index contributed by atoms with van der Waals surface area (Å²) < 4.78 is 55.3. The number of halogens is 4. The van der Waals surface area contributed by atoms with Gasteiger partial charge in [-0.1, -0.05) is 74.0 Å². The smallest absolute Gasteiger partial charge is 0.159 e. The number of fused-ring (bicyclic) bond motifs is 1. The highest BCUT2D eigenvalue weighted by Gasteiger charge is 2.17. The molecule has 0 aliphatic carbocycles. The lowest BCUT2D eigenvalue weighted by Gasteiger charge is -2.18. The van der Waals surface area contributed by atoms with E-state index in [1.165, 1.54) is 34.5 Å². The van der Waals surface area contributed by atoms with Gasteiger partial charge in [-0.2, -0.15) is 0 Å². The molecule has 0 aliphatic rings. The number of rotatable bonds is 8. The lowest BCUT2D eigenvalue weighted by atomic mass is 9.88. The van der Waals surface area contributed by atoms with E-state index in [1.54, 1.807) is 6.07 Å². The van der Waals surface area contributed by atoms with Crippen LogP contribution in [0.5, 0.6) is 0 Å².